The fourth-order valence-electron chi connectivity index (χ4n) is 1.84. The molecule has 7 heteroatoms. The first-order chi connectivity index (χ1) is 11.5. The lowest BCUT2D eigenvalue weighted by molar-refractivity contribution is -0.384. The first kappa shape index (κ1) is 17.6. The number of non-ortho nitro benzene ring substituents is 1. The van der Waals surface area contributed by atoms with Crippen molar-refractivity contribution in [2.75, 3.05) is 6.61 Å². The maximum Gasteiger partial charge on any atom is 0.331 e. The first-order valence-corrected chi connectivity index (χ1v) is 7.63. The molecule has 2 aromatic rings. The third-order valence-corrected chi connectivity index (χ3v) is 3.48. The normalized spacial score (nSPS) is 10.5. The van der Waals surface area contributed by atoms with Gasteiger partial charge in [-0.2, -0.15) is 0 Å². The van der Waals surface area contributed by atoms with E-state index in [-0.39, 0.29) is 18.1 Å². The Bertz CT molecular complexity index is 816. The Kier molecular flexibility index (Phi) is 5.97. The molecule has 0 aliphatic carbocycles. The maximum absolute atomic E-state index is 11.9. The molecule has 0 heterocycles. The molecular weight excluding hydrogens is 378 g/mol. The van der Waals surface area contributed by atoms with Crippen LogP contribution < -0.4 is 0 Å². The van der Waals surface area contributed by atoms with Crippen molar-refractivity contribution in [3.8, 4) is 0 Å². The van der Waals surface area contributed by atoms with Crippen LogP contribution in [0.1, 0.15) is 15.9 Å². The molecule has 0 saturated heterocycles. The highest BCUT2D eigenvalue weighted by atomic mass is 79.9. The number of hydrogen-bond acceptors (Lipinski definition) is 5. The second-order valence-corrected chi connectivity index (χ2v) is 5.64. The molecular formula is C17H12BrNO5. The number of nitro groups is 1. The Morgan fingerprint density at radius 2 is 1.92 bits per heavy atom. The molecule has 0 bridgehead atoms. The molecule has 0 aliphatic rings. The number of nitrogens with zero attached hydrogens (tertiary/aromatic N) is 1. The standard InChI is InChI=1S/C17H12BrNO5/c18-14-5-2-4-13(10-14)16(20)11-24-17(21)8-7-12-3-1-6-15(9-12)19(22)23/h1-10H,11H2/b8-7+. The van der Waals surface area contributed by atoms with Gasteiger partial charge in [-0.05, 0) is 23.8 Å². The number of carbonyl (C=O) groups excluding carboxylic acids is 2. The summed E-state index contributed by atoms with van der Waals surface area (Å²) in [6.07, 6.45) is 2.51. The molecule has 24 heavy (non-hydrogen) atoms. The van der Waals surface area contributed by atoms with Gasteiger partial charge >= 0.3 is 5.97 Å². The molecule has 122 valence electrons. The fourth-order valence-corrected chi connectivity index (χ4v) is 2.24. The van der Waals surface area contributed by atoms with E-state index in [4.69, 9.17) is 4.74 Å². The van der Waals surface area contributed by atoms with Gasteiger partial charge in [-0.15, -0.1) is 0 Å². The summed E-state index contributed by atoms with van der Waals surface area (Å²) in [5, 5.41) is 10.7. The summed E-state index contributed by atoms with van der Waals surface area (Å²) in [7, 11) is 0. The molecule has 0 spiro atoms. The molecule has 0 N–H and O–H groups in total. The second kappa shape index (κ2) is 8.16. The molecule has 0 fully saturated rings. The van der Waals surface area contributed by atoms with E-state index in [2.05, 4.69) is 15.9 Å². The minimum Gasteiger partial charge on any atom is -0.454 e. The summed E-state index contributed by atoms with van der Waals surface area (Å²) in [5.74, 6) is -1.03. The Morgan fingerprint density at radius 1 is 1.17 bits per heavy atom. The van der Waals surface area contributed by atoms with Gasteiger partial charge in [0.1, 0.15) is 0 Å². The van der Waals surface area contributed by atoms with Gasteiger partial charge < -0.3 is 4.74 Å². The molecule has 0 radical (unpaired) electrons. The van der Waals surface area contributed by atoms with Gasteiger partial charge in [0.2, 0.25) is 0 Å². The molecule has 0 atom stereocenters. The van der Waals surface area contributed by atoms with Crippen LogP contribution in [-0.4, -0.2) is 23.3 Å². The molecule has 0 aromatic heterocycles. The SMILES string of the molecule is O=C(/C=C/c1cccc([N+](=O)[O-])c1)OCC(=O)c1cccc(Br)c1. The molecule has 0 amide bonds. The van der Waals surface area contributed by atoms with E-state index in [1.807, 2.05) is 0 Å². The summed E-state index contributed by atoms with van der Waals surface area (Å²) in [4.78, 5) is 33.7. The van der Waals surface area contributed by atoms with Crippen molar-refractivity contribution >= 4 is 39.4 Å². The van der Waals surface area contributed by atoms with Crippen LogP contribution in [0, 0.1) is 10.1 Å². The number of benzene rings is 2. The highest BCUT2D eigenvalue weighted by molar-refractivity contribution is 9.10. The van der Waals surface area contributed by atoms with E-state index in [0.29, 0.717) is 11.1 Å². The Labute approximate surface area is 146 Å². The topological polar surface area (TPSA) is 86.5 Å². The van der Waals surface area contributed by atoms with E-state index in [9.17, 15) is 19.7 Å². The van der Waals surface area contributed by atoms with Gasteiger partial charge in [-0.3, -0.25) is 14.9 Å². The average Bonchev–Trinajstić information content (AvgIpc) is 2.58. The van der Waals surface area contributed by atoms with E-state index in [0.717, 1.165) is 10.5 Å². The Hall–Kier alpha value is -2.80. The number of carbonyl (C=O) groups is 2. The molecule has 2 rings (SSSR count). The monoisotopic (exact) mass is 389 g/mol. The zero-order chi connectivity index (χ0) is 17.5. The number of nitro benzene ring substituents is 1. The van der Waals surface area contributed by atoms with Crippen LogP contribution in [-0.2, 0) is 9.53 Å². The zero-order valence-corrected chi connectivity index (χ0v) is 13.9. The van der Waals surface area contributed by atoms with Crippen molar-refractivity contribution in [2.45, 2.75) is 0 Å². The third-order valence-electron chi connectivity index (χ3n) is 2.99. The number of ether oxygens (including phenoxy) is 1. The molecule has 0 unspecified atom stereocenters. The zero-order valence-electron chi connectivity index (χ0n) is 12.3. The second-order valence-electron chi connectivity index (χ2n) is 4.73. The Morgan fingerprint density at radius 3 is 2.62 bits per heavy atom. The fraction of sp³-hybridized carbons (Fsp3) is 0.0588. The number of Topliss-reactive ketones (excluding diaryl/α,β-unsaturated/α-hetero) is 1. The quantitative estimate of drug-likeness (QED) is 0.246. The number of esters is 1. The lowest BCUT2D eigenvalue weighted by Gasteiger charge is -2.02. The van der Waals surface area contributed by atoms with Crippen LogP contribution in [0.2, 0.25) is 0 Å². The van der Waals surface area contributed by atoms with E-state index in [1.165, 1.54) is 24.3 Å². The minimum absolute atomic E-state index is 0.0738. The minimum atomic E-state index is -0.704. The predicted molar refractivity (Wildman–Crippen MR) is 91.6 cm³/mol. The number of halogens is 1. The van der Waals surface area contributed by atoms with Crippen molar-refractivity contribution in [3.63, 3.8) is 0 Å². The van der Waals surface area contributed by atoms with Crippen molar-refractivity contribution in [2.24, 2.45) is 0 Å². The van der Waals surface area contributed by atoms with Gasteiger partial charge in [0.15, 0.2) is 12.4 Å². The highest BCUT2D eigenvalue weighted by Gasteiger charge is 2.09. The molecule has 0 saturated carbocycles. The van der Waals surface area contributed by atoms with Crippen molar-refractivity contribution in [1.29, 1.82) is 0 Å². The van der Waals surface area contributed by atoms with Crippen LogP contribution in [0.3, 0.4) is 0 Å². The van der Waals surface area contributed by atoms with Crippen molar-refractivity contribution in [1.82, 2.24) is 0 Å². The summed E-state index contributed by atoms with van der Waals surface area (Å²) >= 11 is 3.26. The average molecular weight is 390 g/mol. The lowest BCUT2D eigenvalue weighted by Crippen LogP contribution is -2.12. The van der Waals surface area contributed by atoms with Gasteiger partial charge in [-0.1, -0.05) is 40.2 Å². The largest absolute Gasteiger partial charge is 0.454 e. The van der Waals surface area contributed by atoms with Crippen LogP contribution in [0.15, 0.2) is 59.1 Å². The van der Waals surface area contributed by atoms with Gasteiger partial charge in [-0.25, -0.2) is 4.79 Å². The summed E-state index contributed by atoms with van der Waals surface area (Å²) in [6, 6.07) is 12.6. The summed E-state index contributed by atoms with van der Waals surface area (Å²) < 4.78 is 5.63. The molecule has 6 nitrogen and oxygen atoms in total. The maximum atomic E-state index is 11.9. The smallest absolute Gasteiger partial charge is 0.331 e. The predicted octanol–water partition coefficient (Wildman–Crippen LogP) is 3.80. The Balaban J connectivity index is 1.92. The lowest BCUT2D eigenvalue weighted by atomic mass is 10.1. The van der Waals surface area contributed by atoms with Gasteiger partial charge in [0.05, 0.1) is 4.92 Å². The number of ketones is 1. The van der Waals surface area contributed by atoms with Crippen LogP contribution >= 0.6 is 15.9 Å². The summed E-state index contributed by atoms with van der Waals surface area (Å²) in [5.41, 5.74) is 0.842. The molecule has 2 aromatic carbocycles. The van der Waals surface area contributed by atoms with E-state index in [1.54, 1.807) is 30.3 Å². The molecule has 0 aliphatic heterocycles. The number of hydrogen-bond donors (Lipinski definition) is 0. The highest BCUT2D eigenvalue weighted by Crippen LogP contribution is 2.14. The van der Waals surface area contributed by atoms with Gasteiger partial charge in [0, 0.05) is 28.2 Å². The van der Waals surface area contributed by atoms with Crippen LogP contribution in [0.25, 0.3) is 6.08 Å². The third kappa shape index (κ3) is 5.13. The van der Waals surface area contributed by atoms with Crippen LogP contribution in [0.4, 0.5) is 5.69 Å². The first-order valence-electron chi connectivity index (χ1n) is 6.84. The van der Waals surface area contributed by atoms with E-state index >= 15 is 0 Å². The van der Waals surface area contributed by atoms with E-state index < -0.39 is 10.9 Å². The van der Waals surface area contributed by atoms with Crippen molar-refractivity contribution < 1.29 is 19.2 Å². The number of rotatable bonds is 6. The van der Waals surface area contributed by atoms with Crippen molar-refractivity contribution in [3.05, 3.63) is 80.3 Å². The summed E-state index contributed by atoms with van der Waals surface area (Å²) in [6.45, 7) is -0.380. The van der Waals surface area contributed by atoms with Crippen LogP contribution in [0.5, 0.6) is 0 Å². The van der Waals surface area contributed by atoms with Gasteiger partial charge in [0.25, 0.3) is 5.69 Å².